The van der Waals surface area contributed by atoms with Crippen molar-refractivity contribution in [3.8, 4) is 0 Å². The van der Waals surface area contributed by atoms with Gasteiger partial charge < -0.3 is 15.8 Å². The molecule has 2 aliphatic rings. The maximum Gasteiger partial charge on any atom is 0.268 e. The van der Waals surface area contributed by atoms with E-state index in [0.29, 0.717) is 12.2 Å². The lowest BCUT2D eigenvalue weighted by Crippen LogP contribution is -2.54. The average Bonchev–Trinajstić information content (AvgIpc) is 3.06. The van der Waals surface area contributed by atoms with Gasteiger partial charge in [-0.3, -0.25) is 14.6 Å². The highest BCUT2D eigenvalue weighted by Gasteiger charge is 2.42. The lowest BCUT2D eigenvalue weighted by molar-refractivity contribution is -0.124. The third kappa shape index (κ3) is 4.31. The number of hydrazine groups is 1. The van der Waals surface area contributed by atoms with Gasteiger partial charge in [0.05, 0.1) is 12.1 Å². The predicted molar refractivity (Wildman–Crippen MR) is 102 cm³/mol. The summed E-state index contributed by atoms with van der Waals surface area (Å²) in [4.78, 5) is 24.8. The standard InChI is InChI=1S/C20H28N4O3/c1-14(15-8-4-3-5-9-15)24-17(12-20(2,23-24)19(21)26)18(25)22-13-16-10-6-7-11-27-16/h3-5,8-9,12,14,16,23H,6-7,10-11,13H2,1-2H3,(H2,21,26)(H,22,25)/t14-,16?,20?/m0/s1. The van der Waals surface area contributed by atoms with Crippen LogP contribution in [0.5, 0.6) is 0 Å². The Morgan fingerprint density at radius 1 is 1.37 bits per heavy atom. The van der Waals surface area contributed by atoms with Crippen LogP contribution in [0.1, 0.15) is 44.7 Å². The van der Waals surface area contributed by atoms with E-state index in [1.54, 1.807) is 18.0 Å². The van der Waals surface area contributed by atoms with Crippen molar-refractivity contribution in [1.29, 1.82) is 0 Å². The second kappa shape index (κ2) is 8.10. The Kier molecular flexibility index (Phi) is 5.82. The summed E-state index contributed by atoms with van der Waals surface area (Å²) in [5.41, 5.74) is 8.97. The molecule has 1 fully saturated rings. The molecule has 146 valence electrons. The number of hydrogen-bond acceptors (Lipinski definition) is 5. The molecule has 4 N–H and O–H groups in total. The molecule has 3 rings (SSSR count). The highest BCUT2D eigenvalue weighted by Crippen LogP contribution is 2.30. The van der Waals surface area contributed by atoms with Gasteiger partial charge >= 0.3 is 0 Å². The average molecular weight is 372 g/mol. The first-order valence-electron chi connectivity index (χ1n) is 9.45. The zero-order chi connectivity index (χ0) is 19.4. The molecule has 0 radical (unpaired) electrons. The number of nitrogens with two attached hydrogens (primary N) is 1. The van der Waals surface area contributed by atoms with Gasteiger partial charge in [0.1, 0.15) is 11.2 Å². The summed E-state index contributed by atoms with van der Waals surface area (Å²) in [6, 6.07) is 9.64. The largest absolute Gasteiger partial charge is 0.376 e. The van der Waals surface area contributed by atoms with Crippen LogP contribution in [-0.2, 0) is 14.3 Å². The molecule has 27 heavy (non-hydrogen) atoms. The van der Waals surface area contributed by atoms with Crippen molar-refractivity contribution in [1.82, 2.24) is 15.8 Å². The molecule has 1 saturated heterocycles. The van der Waals surface area contributed by atoms with E-state index in [9.17, 15) is 9.59 Å². The molecule has 0 saturated carbocycles. The van der Waals surface area contributed by atoms with Crippen LogP contribution >= 0.6 is 0 Å². The molecular weight excluding hydrogens is 344 g/mol. The zero-order valence-corrected chi connectivity index (χ0v) is 15.9. The summed E-state index contributed by atoms with van der Waals surface area (Å²) in [7, 11) is 0. The van der Waals surface area contributed by atoms with Crippen molar-refractivity contribution >= 4 is 11.8 Å². The Labute approximate surface area is 159 Å². The number of carbonyl (C=O) groups is 2. The molecule has 7 nitrogen and oxygen atoms in total. The quantitative estimate of drug-likeness (QED) is 0.701. The third-order valence-electron chi connectivity index (χ3n) is 5.22. The fourth-order valence-corrected chi connectivity index (χ4v) is 3.44. The summed E-state index contributed by atoms with van der Waals surface area (Å²) < 4.78 is 5.68. The van der Waals surface area contributed by atoms with Gasteiger partial charge in [0.25, 0.3) is 5.91 Å². The van der Waals surface area contributed by atoms with Crippen LogP contribution in [0.3, 0.4) is 0 Å². The second-order valence-corrected chi connectivity index (χ2v) is 7.36. The maximum absolute atomic E-state index is 12.9. The third-order valence-corrected chi connectivity index (χ3v) is 5.22. The normalized spacial score (nSPS) is 26.4. The Morgan fingerprint density at radius 3 is 2.74 bits per heavy atom. The van der Waals surface area contributed by atoms with Gasteiger partial charge in [0, 0.05) is 13.2 Å². The molecular formula is C20H28N4O3. The van der Waals surface area contributed by atoms with Crippen LogP contribution < -0.4 is 16.5 Å². The van der Waals surface area contributed by atoms with Crippen LogP contribution in [0.2, 0.25) is 0 Å². The van der Waals surface area contributed by atoms with Crippen LogP contribution in [0.4, 0.5) is 0 Å². The number of hydrogen-bond donors (Lipinski definition) is 3. The van der Waals surface area contributed by atoms with Crippen molar-refractivity contribution in [3.05, 3.63) is 47.7 Å². The number of ether oxygens (including phenoxy) is 1. The maximum atomic E-state index is 12.9. The minimum absolute atomic E-state index is 0.0418. The first kappa shape index (κ1) is 19.4. The monoisotopic (exact) mass is 372 g/mol. The Morgan fingerprint density at radius 2 is 2.11 bits per heavy atom. The van der Waals surface area contributed by atoms with Crippen molar-refractivity contribution in [3.63, 3.8) is 0 Å². The highest BCUT2D eigenvalue weighted by molar-refractivity contribution is 5.97. The molecule has 0 spiro atoms. The van der Waals surface area contributed by atoms with Gasteiger partial charge in [-0.1, -0.05) is 30.3 Å². The number of benzene rings is 1. The van der Waals surface area contributed by atoms with Crippen LogP contribution in [0, 0.1) is 0 Å². The predicted octanol–water partition coefficient (Wildman–Crippen LogP) is 1.38. The Hall–Kier alpha value is -2.38. The van der Waals surface area contributed by atoms with E-state index in [4.69, 9.17) is 10.5 Å². The van der Waals surface area contributed by atoms with Crippen molar-refractivity contribution in [2.45, 2.75) is 50.8 Å². The molecule has 0 aliphatic carbocycles. The number of nitrogens with one attached hydrogen (secondary N) is 2. The molecule has 1 aromatic rings. The number of carbonyl (C=O) groups excluding carboxylic acids is 2. The summed E-state index contributed by atoms with van der Waals surface area (Å²) in [5, 5.41) is 4.66. The van der Waals surface area contributed by atoms with Gasteiger partial charge in [-0.15, -0.1) is 0 Å². The van der Waals surface area contributed by atoms with Crippen molar-refractivity contribution in [2.24, 2.45) is 5.73 Å². The lowest BCUT2D eigenvalue weighted by atomic mass is 10.0. The lowest BCUT2D eigenvalue weighted by Gasteiger charge is -2.32. The number of primary amides is 1. The first-order valence-corrected chi connectivity index (χ1v) is 9.45. The fourth-order valence-electron chi connectivity index (χ4n) is 3.44. The molecule has 7 heteroatoms. The minimum atomic E-state index is -1.11. The summed E-state index contributed by atoms with van der Waals surface area (Å²) >= 11 is 0. The van der Waals surface area contributed by atoms with Gasteiger partial charge in [0.2, 0.25) is 5.91 Å². The van der Waals surface area contributed by atoms with Crippen LogP contribution in [0.15, 0.2) is 42.1 Å². The molecule has 2 unspecified atom stereocenters. The van der Waals surface area contributed by atoms with Gasteiger partial charge in [-0.25, -0.2) is 5.43 Å². The highest BCUT2D eigenvalue weighted by atomic mass is 16.5. The van der Waals surface area contributed by atoms with E-state index in [2.05, 4.69) is 10.7 Å². The van der Waals surface area contributed by atoms with Crippen LogP contribution in [0.25, 0.3) is 0 Å². The SMILES string of the molecule is C[C@@H](c1ccccc1)N1NC(C)(C(N)=O)C=C1C(=O)NCC1CCCCO1. The number of nitrogens with zero attached hydrogens (tertiary/aromatic N) is 1. The second-order valence-electron chi connectivity index (χ2n) is 7.36. The topological polar surface area (TPSA) is 96.7 Å². The molecule has 1 aromatic carbocycles. The minimum Gasteiger partial charge on any atom is -0.376 e. The zero-order valence-electron chi connectivity index (χ0n) is 15.9. The molecule has 0 bridgehead atoms. The van der Waals surface area contributed by atoms with E-state index in [1.165, 1.54) is 0 Å². The van der Waals surface area contributed by atoms with E-state index in [0.717, 1.165) is 31.4 Å². The molecule has 2 amide bonds. The Bertz CT molecular complexity index is 715. The number of rotatable bonds is 6. The van der Waals surface area contributed by atoms with Crippen LogP contribution in [-0.4, -0.2) is 41.6 Å². The molecule has 0 aromatic heterocycles. The number of amides is 2. The van der Waals surface area contributed by atoms with E-state index < -0.39 is 11.4 Å². The Balaban J connectivity index is 1.76. The molecule has 2 aliphatic heterocycles. The first-order chi connectivity index (χ1) is 12.9. The van der Waals surface area contributed by atoms with Gasteiger partial charge in [-0.2, -0.15) is 0 Å². The molecule has 2 heterocycles. The molecule has 3 atom stereocenters. The van der Waals surface area contributed by atoms with E-state index in [-0.39, 0.29) is 18.1 Å². The van der Waals surface area contributed by atoms with E-state index in [1.807, 2.05) is 37.3 Å². The van der Waals surface area contributed by atoms with Gasteiger partial charge in [0.15, 0.2) is 0 Å². The van der Waals surface area contributed by atoms with Gasteiger partial charge in [-0.05, 0) is 44.7 Å². The smallest absolute Gasteiger partial charge is 0.268 e. The van der Waals surface area contributed by atoms with Crippen molar-refractivity contribution in [2.75, 3.05) is 13.2 Å². The summed E-state index contributed by atoms with van der Waals surface area (Å²) in [6.07, 6.45) is 4.77. The fraction of sp³-hybridized carbons (Fsp3) is 0.500. The van der Waals surface area contributed by atoms with E-state index >= 15 is 0 Å². The summed E-state index contributed by atoms with van der Waals surface area (Å²) in [6.45, 7) is 4.84. The van der Waals surface area contributed by atoms with Crippen molar-refractivity contribution < 1.29 is 14.3 Å². The summed E-state index contributed by atoms with van der Waals surface area (Å²) in [5.74, 6) is -0.782.